The smallest absolute Gasteiger partial charge is 0.315 e. The quantitative estimate of drug-likeness (QED) is 0.647. The van der Waals surface area contributed by atoms with E-state index in [1.54, 1.807) is 18.4 Å². The maximum Gasteiger partial charge on any atom is 0.315 e. The summed E-state index contributed by atoms with van der Waals surface area (Å²) in [6.45, 7) is 1.24. The fourth-order valence-corrected chi connectivity index (χ4v) is 1.49. The Kier molecular flexibility index (Phi) is 4.22. The number of hydrogen-bond donors (Lipinski definition) is 3. The third-order valence-corrected chi connectivity index (χ3v) is 2.66. The van der Waals surface area contributed by atoms with Crippen molar-refractivity contribution in [2.24, 2.45) is 5.92 Å². The highest BCUT2D eigenvalue weighted by Gasteiger charge is 2.28. The van der Waals surface area contributed by atoms with Crippen molar-refractivity contribution in [3.63, 3.8) is 0 Å². The van der Waals surface area contributed by atoms with E-state index in [4.69, 9.17) is 4.42 Å². The molecule has 1 aromatic heterocycles. The topological polar surface area (TPSA) is 83.4 Å². The van der Waals surface area contributed by atoms with E-state index in [0.717, 1.165) is 12.8 Å². The lowest BCUT2D eigenvalue weighted by molar-refractivity contribution is -0.122. The first-order valence-electron chi connectivity index (χ1n) is 6.07. The molecule has 0 unspecified atom stereocenters. The van der Waals surface area contributed by atoms with Gasteiger partial charge in [0.25, 0.3) is 0 Å². The minimum Gasteiger partial charge on any atom is -0.467 e. The van der Waals surface area contributed by atoms with Crippen LogP contribution < -0.4 is 16.0 Å². The molecule has 3 amide bonds. The van der Waals surface area contributed by atoms with E-state index in [1.807, 2.05) is 0 Å². The lowest BCUT2D eigenvalue weighted by Gasteiger charge is -2.07. The average molecular weight is 251 g/mol. The number of nitrogens with one attached hydrogen (secondary N) is 3. The van der Waals surface area contributed by atoms with Crippen molar-refractivity contribution >= 4 is 11.9 Å². The summed E-state index contributed by atoms with van der Waals surface area (Å²) < 4.78 is 5.07. The molecule has 1 fully saturated rings. The van der Waals surface area contributed by atoms with Gasteiger partial charge in [0.1, 0.15) is 5.76 Å². The molecule has 1 aliphatic carbocycles. The summed E-state index contributed by atoms with van der Waals surface area (Å²) in [5.41, 5.74) is 0. The van der Waals surface area contributed by atoms with Crippen molar-refractivity contribution < 1.29 is 14.0 Å². The molecule has 0 bridgehead atoms. The second-order valence-corrected chi connectivity index (χ2v) is 4.25. The number of amides is 3. The molecule has 0 spiro atoms. The first-order valence-corrected chi connectivity index (χ1v) is 6.07. The van der Waals surface area contributed by atoms with Crippen LogP contribution in [0, 0.1) is 5.92 Å². The zero-order valence-electron chi connectivity index (χ0n) is 10.1. The summed E-state index contributed by atoms with van der Waals surface area (Å²) in [6.07, 6.45) is 3.54. The molecule has 18 heavy (non-hydrogen) atoms. The maximum absolute atomic E-state index is 11.4. The Morgan fingerprint density at radius 1 is 1.22 bits per heavy atom. The van der Waals surface area contributed by atoms with Crippen molar-refractivity contribution in [2.75, 3.05) is 13.1 Å². The van der Waals surface area contributed by atoms with Gasteiger partial charge in [0, 0.05) is 19.0 Å². The van der Waals surface area contributed by atoms with Crippen molar-refractivity contribution in [2.45, 2.75) is 19.4 Å². The van der Waals surface area contributed by atoms with Gasteiger partial charge < -0.3 is 20.4 Å². The van der Waals surface area contributed by atoms with Crippen LogP contribution in [0.5, 0.6) is 0 Å². The number of furan rings is 1. The predicted molar refractivity (Wildman–Crippen MR) is 64.7 cm³/mol. The van der Waals surface area contributed by atoms with Gasteiger partial charge >= 0.3 is 6.03 Å². The SMILES string of the molecule is O=C(NCCNC(=O)C1CC1)NCc1ccco1. The number of hydrogen-bond acceptors (Lipinski definition) is 3. The molecule has 1 saturated carbocycles. The molecule has 0 aliphatic heterocycles. The summed E-state index contributed by atoms with van der Waals surface area (Å²) in [4.78, 5) is 22.6. The van der Waals surface area contributed by atoms with Gasteiger partial charge in [-0.2, -0.15) is 0 Å². The number of urea groups is 1. The van der Waals surface area contributed by atoms with Crippen LogP contribution >= 0.6 is 0 Å². The molecule has 6 heteroatoms. The summed E-state index contributed by atoms with van der Waals surface area (Å²) >= 11 is 0. The standard InChI is InChI=1S/C12H17N3O3/c16-11(9-3-4-9)13-5-6-14-12(17)15-8-10-2-1-7-18-10/h1-2,7,9H,3-6,8H2,(H,13,16)(H2,14,15,17). The van der Waals surface area contributed by atoms with Gasteiger partial charge in [-0.05, 0) is 25.0 Å². The molecular weight excluding hydrogens is 234 g/mol. The molecule has 0 aromatic carbocycles. The van der Waals surface area contributed by atoms with E-state index in [9.17, 15) is 9.59 Å². The molecule has 0 atom stereocenters. The van der Waals surface area contributed by atoms with E-state index in [-0.39, 0.29) is 17.9 Å². The van der Waals surface area contributed by atoms with Crippen LogP contribution in [-0.2, 0) is 11.3 Å². The van der Waals surface area contributed by atoms with Crippen LogP contribution in [0.4, 0.5) is 4.79 Å². The number of carbonyl (C=O) groups is 2. The molecule has 98 valence electrons. The summed E-state index contributed by atoms with van der Waals surface area (Å²) in [7, 11) is 0. The van der Waals surface area contributed by atoms with E-state index in [2.05, 4.69) is 16.0 Å². The second-order valence-electron chi connectivity index (χ2n) is 4.25. The van der Waals surface area contributed by atoms with Gasteiger partial charge in [-0.1, -0.05) is 0 Å². The molecule has 1 aromatic rings. The van der Waals surface area contributed by atoms with Crippen LogP contribution in [0.25, 0.3) is 0 Å². The Morgan fingerprint density at radius 3 is 2.67 bits per heavy atom. The van der Waals surface area contributed by atoms with Crippen molar-refractivity contribution in [3.05, 3.63) is 24.2 Å². The van der Waals surface area contributed by atoms with Gasteiger partial charge in [-0.15, -0.1) is 0 Å². The lowest BCUT2D eigenvalue weighted by Crippen LogP contribution is -2.40. The summed E-state index contributed by atoms with van der Waals surface area (Å²) in [5, 5.41) is 8.07. The second kappa shape index (κ2) is 6.09. The Labute approximate surface area is 105 Å². The van der Waals surface area contributed by atoms with Crippen LogP contribution in [0.1, 0.15) is 18.6 Å². The highest BCUT2D eigenvalue weighted by molar-refractivity contribution is 5.80. The largest absolute Gasteiger partial charge is 0.467 e. The van der Waals surface area contributed by atoms with Gasteiger partial charge in [0.05, 0.1) is 12.8 Å². The fourth-order valence-electron chi connectivity index (χ4n) is 1.49. The maximum atomic E-state index is 11.4. The molecule has 2 rings (SSSR count). The molecule has 0 radical (unpaired) electrons. The van der Waals surface area contributed by atoms with Gasteiger partial charge in [0.15, 0.2) is 0 Å². The van der Waals surface area contributed by atoms with Crippen LogP contribution in [0.15, 0.2) is 22.8 Å². The molecule has 1 aliphatic rings. The fraction of sp³-hybridized carbons (Fsp3) is 0.500. The van der Waals surface area contributed by atoms with Crippen molar-refractivity contribution in [1.82, 2.24) is 16.0 Å². The Balaban J connectivity index is 1.50. The van der Waals surface area contributed by atoms with Gasteiger partial charge in [-0.25, -0.2) is 4.79 Å². The zero-order chi connectivity index (χ0) is 12.8. The van der Waals surface area contributed by atoms with Crippen LogP contribution in [0.3, 0.4) is 0 Å². The van der Waals surface area contributed by atoms with E-state index < -0.39 is 0 Å². The molecule has 0 saturated heterocycles. The van der Waals surface area contributed by atoms with E-state index in [1.165, 1.54) is 0 Å². The van der Waals surface area contributed by atoms with Gasteiger partial charge in [0.2, 0.25) is 5.91 Å². The third-order valence-electron chi connectivity index (χ3n) is 2.66. The van der Waals surface area contributed by atoms with Crippen LogP contribution in [-0.4, -0.2) is 25.0 Å². The third kappa shape index (κ3) is 4.12. The number of carbonyl (C=O) groups excluding carboxylic acids is 2. The predicted octanol–water partition coefficient (Wildman–Crippen LogP) is 0.605. The minimum atomic E-state index is -0.271. The zero-order valence-corrected chi connectivity index (χ0v) is 10.1. The van der Waals surface area contributed by atoms with Crippen LogP contribution in [0.2, 0.25) is 0 Å². The normalized spacial score (nSPS) is 14.0. The van der Waals surface area contributed by atoms with Crippen molar-refractivity contribution in [1.29, 1.82) is 0 Å². The molecule has 1 heterocycles. The Bertz CT molecular complexity index is 399. The molecular formula is C12H17N3O3. The first kappa shape index (κ1) is 12.5. The summed E-state index contributed by atoms with van der Waals surface area (Å²) in [5.74, 6) is 0.998. The highest BCUT2D eigenvalue weighted by atomic mass is 16.3. The monoisotopic (exact) mass is 251 g/mol. The highest BCUT2D eigenvalue weighted by Crippen LogP contribution is 2.28. The average Bonchev–Trinajstić information content (AvgIpc) is 3.09. The first-order chi connectivity index (χ1) is 8.75. The molecule has 6 nitrogen and oxygen atoms in total. The Morgan fingerprint density at radius 2 is 2.00 bits per heavy atom. The van der Waals surface area contributed by atoms with E-state index >= 15 is 0 Å². The Hall–Kier alpha value is -1.98. The molecule has 3 N–H and O–H groups in total. The number of rotatable bonds is 6. The van der Waals surface area contributed by atoms with E-state index in [0.29, 0.717) is 25.4 Å². The van der Waals surface area contributed by atoms with Gasteiger partial charge in [-0.3, -0.25) is 4.79 Å². The van der Waals surface area contributed by atoms with Crippen molar-refractivity contribution in [3.8, 4) is 0 Å². The summed E-state index contributed by atoms with van der Waals surface area (Å²) in [6, 6.07) is 3.28. The minimum absolute atomic E-state index is 0.0905. The lowest BCUT2D eigenvalue weighted by atomic mass is 10.4.